The van der Waals surface area contributed by atoms with Crippen molar-refractivity contribution in [3.63, 3.8) is 0 Å². The van der Waals surface area contributed by atoms with Crippen LogP contribution < -0.4 is 5.32 Å². The Hall–Kier alpha value is -1.79. The van der Waals surface area contributed by atoms with Gasteiger partial charge in [0.1, 0.15) is 6.04 Å². The summed E-state index contributed by atoms with van der Waals surface area (Å²) in [7, 11) is 3.25. The lowest BCUT2D eigenvalue weighted by molar-refractivity contribution is -0.138. The van der Waals surface area contributed by atoms with E-state index < -0.39 is 12.0 Å². The second-order valence-electron chi connectivity index (χ2n) is 5.34. The van der Waals surface area contributed by atoms with Crippen molar-refractivity contribution in [3.05, 3.63) is 0 Å². The van der Waals surface area contributed by atoms with E-state index in [4.69, 9.17) is 5.11 Å². The van der Waals surface area contributed by atoms with Crippen molar-refractivity contribution in [1.29, 1.82) is 0 Å². The first-order valence-corrected chi connectivity index (χ1v) is 6.83. The average Bonchev–Trinajstić information content (AvgIpc) is 2.37. The Morgan fingerprint density at radius 3 is 2.55 bits per heavy atom. The maximum absolute atomic E-state index is 12.2. The standard InChI is InChI=1S/C13H23N3O4/c1-9(12(19)15(2)3)14-13(20)16-7-5-4-6-10(16)8-11(17)18/h9-10H,4-8H2,1-3H3,(H,14,20)(H,17,18). The van der Waals surface area contributed by atoms with Crippen LogP contribution in [0.4, 0.5) is 4.79 Å². The molecule has 1 aliphatic heterocycles. The zero-order chi connectivity index (χ0) is 15.3. The molecule has 7 heteroatoms. The van der Waals surface area contributed by atoms with E-state index in [1.165, 1.54) is 9.80 Å². The van der Waals surface area contributed by atoms with Crippen LogP contribution >= 0.6 is 0 Å². The van der Waals surface area contributed by atoms with Crippen LogP contribution in [0.1, 0.15) is 32.6 Å². The lowest BCUT2D eigenvalue weighted by atomic mass is 10.00. The van der Waals surface area contributed by atoms with Crippen LogP contribution in [-0.4, -0.2) is 65.5 Å². The molecule has 2 atom stereocenters. The van der Waals surface area contributed by atoms with E-state index in [0.29, 0.717) is 13.0 Å². The van der Waals surface area contributed by atoms with E-state index in [0.717, 1.165) is 12.8 Å². The van der Waals surface area contributed by atoms with Crippen LogP contribution in [0.5, 0.6) is 0 Å². The fourth-order valence-corrected chi connectivity index (χ4v) is 2.40. The zero-order valence-electron chi connectivity index (χ0n) is 12.3. The van der Waals surface area contributed by atoms with Crippen molar-refractivity contribution in [2.45, 2.75) is 44.7 Å². The number of carbonyl (C=O) groups excluding carboxylic acids is 2. The summed E-state index contributed by atoms with van der Waals surface area (Å²) in [6, 6.07) is -1.27. The number of amides is 3. The largest absolute Gasteiger partial charge is 0.481 e. The van der Waals surface area contributed by atoms with E-state index in [-0.39, 0.29) is 24.4 Å². The molecule has 3 amide bonds. The molecule has 1 saturated heterocycles. The van der Waals surface area contributed by atoms with Gasteiger partial charge in [0.2, 0.25) is 5.91 Å². The fraction of sp³-hybridized carbons (Fsp3) is 0.769. The van der Waals surface area contributed by atoms with Gasteiger partial charge in [0.15, 0.2) is 0 Å². The number of hydrogen-bond acceptors (Lipinski definition) is 3. The maximum atomic E-state index is 12.2. The molecule has 1 heterocycles. The third-order valence-electron chi connectivity index (χ3n) is 3.45. The molecular weight excluding hydrogens is 262 g/mol. The third-order valence-corrected chi connectivity index (χ3v) is 3.45. The molecule has 0 spiro atoms. The molecule has 0 aromatic rings. The number of likely N-dealkylation sites (tertiary alicyclic amines) is 1. The highest BCUT2D eigenvalue weighted by Crippen LogP contribution is 2.19. The first-order valence-electron chi connectivity index (χ1n) is 6.83. The van der Waals surface area contributed by atoms with Gasteiger partial charge in [-0.3, -0.25) is 9.59 Å². The topological polar surface area (TPSA) is 90.0 Å². The minimum atomic E-state index is -0.910. The predicted molar refractivity (Wildman–Crippen MR) is 73.3 cm³/mol. The number of aliphatic carboxylic acids is 1. The summed E-state index contributed by atoms with van der Waals surface area (Å²) >= 11 is 0. The van der Waals surface area contributed by atoms with E-state index in [2.05, 4.69) is 5.32 Å². The van der Waals surface area contributed by atoms with Crippen molar-refractivity contribution >= 4 is 17.9 Å². The first kappa shape index (κ1) is 16.3. The predicted octanol–water partition coefficient (Wildman–Crippen LogP) is 0.502. The Kier molecular flexibility index (Phi) is 5.79. The summed E-state index contributed by atoms with van der Waals surface area (Å²) in [6.07, 6.45) is 2.42. The van der Waals surface area contributed by atoms with Gasteiger partial charge in [-0.25, -0.2) is 4.79 Å². The van der Waals surface area contributed by atoms with Gasteiger partial charge in [-0.05, 0) is 26.2 Å². The van der Waals surface area contributed by atoms with E-state index >= 15 is 0 Å². The number of likely N-dealkylation sites (N-methyl/N-ethyl adjacent to an activating group) is 1. The van der Waals surface area contributed by atoms with Gasteiger partial charge in [-0.15, -0.1) is 0 Å². The van der Waals surface area contributed by atoms with E-state index in [9.17, 15) is 14.4 Å². The van der Waals surface area contributed by atoms with Gasteiger partial charge in [0, 0.05) is 26.7 Å². The maximum Gasteiger partial charge on any atom is 0.318 e. The molecule has 1 fully saturated rings. The van der Waals surface area contributed by atoms with Crippen molar-refractivity contribution in [3.8, 4) is 0 Å². The number of rotatable bonds is 4. The number of carboxylic acids is 1. The van der Waals surface area contributed by atoms with Crippen molar-refractivity contribution in [2.75, 3.05) is 20.6 Å². The molecule has 2 unspecified atom stereocenters. The molecule has 0 saturated carbocycles. The molecule has 0 radical (unpaired) electrons. The molecule has 1 rings (SSSR count). The highest BCUT2D eigenvalue weighted by Gasteiger charge is 2.30. The molecule has 20 heavy (non-hydrogen) atoms. The lowest BCUT2D eigenvalue weighted by Crippen LogP contribution is -2.54. The van der Waals surface area contributed by atoms with Gasteiger partial charge in [0.25, 0.3) is 0 Å². The summed E-state index contributed by atoms with van der Waals surface area (Å²) in [5, 5.41) is 11.5. The minimum Gasteiger partial charge on any atom is -0.481 e. The van der Waals surface area contributed by atoms with Crippen LogP contribution in [0.2, 0.25) is 0 Å². The second kappa shape index (κ2) is 7.12. The quantitative estimate of drug-likeness (QED) is 0.787. The van der Waals surface area contributed by atoms with Gasteiger partial charge in [0.05, 0.1) is 6.42 Å². The number of piperidine rings is 1. The van der Waals surface area contributed by atoms with Crippen molar-refractivity contribution in [1.82, 2.24) is 15.1 Å². The number of hydrogen-bond donors (Lipinski definition) is 2. The van der Waals surface area contributed by atoms with Crippen molar-refractivity contribution in [2.24, 2.45) is 0 Å². The fourth-order valence-electron chi connectivity index (χ4n) is 2.40. The number of nitrogens with zero attached hydrogens (tertiary/aromatic N) is 2. The summed E-state index contributed by atoms with van der Waals surface area (Å²) in [4.78, 5) is 37.7. The molecule has 2 N–H and O–H groups in total. The number of carboxylic acid groups (broad SMARTS) is 1. The normalized spacial score (nSPS) is 20.1. The Morgan fingerprint density at radius 1 is 1.35 bits per heavy atom. The SMILES string of the molecule is CC(NC(=O)N1CCCCC1CC(=O)O)C(=O)N(C)C. The highest BCUT2D eigenvalue weighted by atomic mass is 16.4. The van der Waals surface area contributed by atoms with Crippen molar-refractivity contribution < 1.29 is 19.5 Å². The molecule has 0 aliphatic carbocycles. The average molecular weight is 285 g/mol. The van der Waals surface area contributed by atoms with Gasteiger partial charge >= 0.3 is 12.0 Å². The van der Waals surface area contributed by atoms with Crippen LogP contribution in [0.3, 0.4) is 0 Å². The third kappa shape index (κ3) is 4.40. The molecule has 7 nitrogen and oxygen atoms in total. The molecule has 0 aromatic carbocycles. The smallest absolute Gasteiger partial charge is 0.318 e. The Labute approximate surface area is 118 Å². The van der Waals surface area contributed by atoms with Crippen LogP contribution in [0.25, 0.3) is 0 Å². The summed E-state index contributed by atoms with van der Waals surface area (Å²) in [6.45, 7) is 2.16. The molecular formula is C13H23N3O4. The Balaban J connectivity index is 2.63. The zero-order valence-corrected chi connectivity index (χ0v) is 12.3. The van der Waals surface area contributed by atoms with Crippen LogP contribution in [-0.2, 0) is 9.59 Å². The Morgan fingerprint density at radius 2 is 2.00 bits per heavy atom. The summed E-state index contributed by atoms with van der Waals surface area (Å²) in [5.74, 6) is -1.10. The Bertz CT molecular complexity index is 384. The number of urea groups is 1. The summed E-state index contributed by atoms with van der Waals surface area (Å²) in [5.41, 5.74) is 0. The van der Waals surface area contributed by atoms with Crippen LogP contribution in [0.15, 0.2) is 0 Å². The second-order valence-corrected chi connectivity index (χ2v) is 5.34. The number of carbonyl (C=O) groups is 3. The van der Waals surface area contributed by atoms with Gasteiger partial charge in [-0.1, -0.05) is 0 Å². The van der Waals surface area contributed by atoms with Gasteiger partial charge in [-0.2, -0.15) is 0 Å². The van der Waals surface area contributed by atoms with Crippen LogP contribution in [0, 0.1) is 0 Å². The minimum absolute atomic E-state index is 0.0522. The van der Waals surface area contributed by atoms with E-state index in [1.807, 2.05) is 0 Å². The molecule has 114 valence electrons. The molecule has 0 bridgehead atoms. The number of nitrogens with one attached hydrogen (secondary N) is 1. The molecule has 0 aromatic heterocycles. The summed E-state index contributed by atoms with van der Waals surface area (Å²) < 4.78 is 0. The first-order chi connectivity index (χ1) is 9.32. The highest BCUT2D eigenvalue weighted by molar-refractivity contribution is 5.86. The lowest BCUT2D eigenvalue weighted by Gasteiger charge is -2.35. The van der Waals surface area contributed by atoms with Gasteiger partial charge < -0.3 is 20.2 Å². The van der Waals surface area contributed by atoms with E-state index in [1.54, 1.807) is 21.0 Å². The molecule has 1 aliphatic rings. The monoisotopic (exact) mass is 285 g/mol.